The quantitative estimate of drug-likeness (QED) is 0.844. The van der Waals surface area contributed by atoms with Crippen molar-refractivity contribution in [2.24, 2.45) is 7.05 Å². The molecule has 0 aliphatic carbocycles. The van der Waals surface area contributed by atoms with Crippen LogP contribution in [0.25, 0.3) is 11.5 Å². The average Bonchev–Trinajstić information content (AvgIpc) is 3.06. The van der Waals surface area contributed by atoms with Crippen molar-refractivity contribution in [3.05, 3.63) is 30.5 Å². The van der Waals surface area contributed by atoms with E-state index in [-0.39, 0.29) is 6.04 Å². The number of nitrogens with zero attached hydrogens (tertiary/aromatic N) is 5. The van der Waals surface area contributed by atoms with Crippen LogP contribution in [0.15, 0.2) is 24.8 Å². The zero-order valence-corrected chi connectivity index (χ0v) is 12.8. The van der Waals surface area contributed by atoms with Crippen molar-refractivity contribution in [1.29, 1.82) is 0 Å². The van der Waals surface area contributed by atoms with Gasteiger partial charge in [-0.2, -0.15) is 4.31 Å². The molecule has 7 nitrogen and oxygen atoms in total. The minimum atomic E-state index is -3.23. The van der Waals surface area contributed by atoms with Crippen molar-refractivity contribution in [2.75, 3.05) is 12.8 Å². The van der Waals surface area contributed by atoms with Crippen LogP contribution in [0, 0.1) is 0 Å². The van der Waals surface area contributed by atoms with Gasteiger partial charge in [-0.1, -0.05) is 0 Å². The Morgan fingerprint density at radius 1 is 1.33 bits per heavy atom. The van der Waals surface area contributed by atoms with Gasteiger partial charge in [0.25, 0.3) is 0 Å². The highest BCUT2D eigenvalue weighted by Crippen LogP contribution is 2.33. The van der Waals surface area contributed by atoms with Crippen molar-refractivity contribution in [1.82, 2.24) is 23.8 Å². The smallest absolute Gasteiger partial charge is 0.211 e. The molecule has 0 unspecified atom stereocenters. The molecule has 3 heterocycles. The van der Waals surface area contributed by atoms with Crippen LogP contribution in [0.1, 0.15) is 24.6 Å². The molecule has 0 amide bonds. The number of rotatable bonds is 3. The summed E-state index contributed by atoms with van der Waals surface area (Å²) >= 11 is 0. The van der Waals surface area contributed by atoms with Gasteiger partial charge in [0, 0.05) is 26.0 Å². The first-order valence-corrected chi connectivity index (χ1v) is 8.58. The summed E-state index contributed by atoms with van der Waals surface area (Å²) in [5.74, 6) is 0.716. The van der Waals surface area contributed by atoms with Gasteiger partial charge in [-0.15, -0.1) is 0 Å². The minimum Gasteiger partial charge on any atom is -0.333 e. The maximum atomic E-state index is 11.8. The highest BCUT2D eigenvalue weighted by molar-refractivity contribution is 7.88. The maximum absolute atomic E-state index is 11.8. The number of imidazole rings is 1. The summed E-state index contributed by atoms with van der Waals surface area (Å²) < 4.78 is 27.0. The third kappa shape index (κ3) is 2.68. The second-order valence-corrected chi connectivity index (χ2v) is 7.16. The van der Waals surface area contributed by atoms with Gasteiger partial charge < -0.3 is 4.57 Å². The molecular weight excluding hydrogens is 290 g/mol. The molecule has 2 aromatic rings. The fourth-order valence-electron chi connectivity index (χ4n) is 2.69. The molecule has 1 fully saturated rings. The lowest BCUT2D eigenvalue weighted by atomic mass is 10.1. The van der Waals surface area contributed by atoms with Crippen LogP contribution in [0.4, 0.5) is 0 Å². The largest absolute Gasteiger partial charge is 0.333 e. The van der Waals surface area contributed by atoms with Crippen molar-refractivity contribution in [2.45, 2.75) is 18.9 Å². The molecule has 0 N–H and O–H groups in total. The van der Waals surface area contributed by atoms with E-state index in [1.54, 1.807) is 18.6 Å². The lowest BCUT2D eigenvalue weighted by molar-refractivity contribution is 0.393. The van der Waals surface area contributed by atoms with Crippen molar-refractivity contribution in [3.63, 3.8) is 0 Å². The van der Waals surface area contributed by atoms with E-state index in [4.69, 9.17) is 0 Å². The normalized spacial score (nSPS) is 20.0. The van der Waals surface area contributed by atoms with E-state index in [0.717, 1.165) is 12.8 Å². The number of hydrogen-bond donors (Lipinski definition) is 0. The van der Waals surface area contributed by atoms with Crippen LogP contribution in [-0.2, 0) is 17.1 Å². The minimum absolute atomic E-state index is 0.229. The van der Waals surface area contributed by atoms with E-state index < -0.39 is 10.0 Å². The van der Waals surface area contributed by atoms with Gasteiger partial charge in [-0.05, 0) is 12.8 Å². The van der Waals surface area contributed by atoms with Gasteiger partial charge in [0.1, 0.15) is 5.69 Å². The average molecular weight is 307 g/mol. The summed E-state index contributed by atoms with van der Waals surface area (Å²) in [5.41, 5.74) is 1.33. The Bertz CT molecular complexity index is 755. The molecule has 8 heteroatoms. The number of sulfonamides is 1. The van der Waals surface area contributed by atoms with Gasteiger partial charge in [-0.3, -0.25) is 4.98 Å². The van der Waals surface area contributed by atoms with E-state index >= 15 is 0 Å². The van der Waals surface area contributed by atoms with E-state index in [0.29, 0.717) is 23.8 Å². The first kappa shape index (κ1) is 14.2. The molecule has 3 rings (SSSR count). The Labute approximate surface area is 123 Å². The molecule has 1 atom stereocenters. The van der Waals surface area contributed by atoms with Gasteiger partial charge in [0.2, 0.25) is 10.0 Å². The summed E-state index contributed by atoms with van der Waals surface area (Å²) in [5, 5.41) is 0. The van der Waals surface area contributed by atoms with Crippen molar-refractivity contribution >= 4 is 10.0 Å². The lowest BCUT2D eigenvalue weighted by Crippen LogP contribution is -2.30. The van der Waals surface area contributed by atoms with Crippen LogP contribution in [-0.4, -0.2) is 45.0 Å². The van der Waals surface area contributed by atoms with Crippen molar-refractivity contribution < 1.29 is 8.42 Å². The predicted octanol–water partition coefficient (Wildman–Crippen LogP) is 0.974. The summed E-state index contributed by atoms with van der Waals surface area (Å²) in [4.78, 5) is 13.0. The van der Waals surface area contributed by atoms with Crippen LogP contribution in [0.3, 0.4) is 0 Å². The van der Waals surface area contributed by atoms with Crippen LogP contribution >= 0.6 is 0 Å². The molecule has 0 saturated carbocycles. The van der Waals surface area contributed by atoms with Crippen molar-refractivity contribution in [3.8, 4) is 11.5 Å². The SMILES string of the molecule is Cn1ccnc1-c1cncc([C@H]2CCCN2S(C)(=O)=O)n1. The Balaban J connectivity index is 1.99. The predicted molar refractivity (Wildman–Crippen MR) is 77.8 cm³/mol. The number of hydrogen-bond acceptors (Lipinski definition) is 5. The zero-order chi connectivity index (χ0) is 15.0. The maximum Gasteiger partial charge on any atom is 0.211 e. The summed E-state index contributed by atoms with van der Waals surface area (Å²) in [7, 11) is -1.35. The highest BCUT2D eigenvalue weighted by atomic mass is 32.2. The molecule has 1 aliphatic rings. The van der Waals surface area contributed by atoms with Gasteiger partial charge >= 0.3 is 0 Å². The molecule has 0 spiro atoms. The topological polar surface area (TPSA) is 81.0 Å². The summed E-state index contributed by atoms with van der Waals surface area (Å²) in [6, 6.07) is -0.229. The third-order valence-corrected chi connectivity index (χ3v) is 4.96. The zero-order valence-electron chi connectivity index (χ0n) is 12.0. The fourth-order valence-corrected chi connectivity index (χ4v) is 3.83. The Kier molecular flexibility index (Phi) is 3.50. The van der Waals surface area contributed by atoms with E-state index in [2.05, 4.69) is 15.0 Å². The first-order valence-electron chi connectivity index (χ1n) is 6.73. The Morgan fingerprint density at radius 3 is 2.81 bits per heavy atom. The van der Waals surface area contributed by atoms with Crippen LogP contribution in [0.5, 0.6) is 0 Å². The Morgan fingerprint density at radius 2 is 2.14 bits per heavy atom. The molecular formula is C13H17N5O2S. The van der Waals surface area contributed by atoms with Gasteiger partial charge in [0.05, 0.1) is 30.4 Å². The van der Waals surface area contributed by atoms with Crippen LogP contribution in [0.2, 0.25) is 0 Å². The molecule has 21 heavy (non-hydrogen) atoms. The van der Waals surface area contributed by atoms with Crippen LogP contribution < -0.4 is 0 Å². The fraction of sp³-hybridized carbons (Fsp3) is 0.462. The standard InChI is InChI=1S/C13H17N5O2S/c1-17-7-5-15-13(17)11-9-14-8-10(16-11)12-4-3-6-18(12)21(2,19)20/h5,7-9,12H,3-4,6H2,1-2H3/t12-/m1/s1. The van der Waals surface area contributed by atoms with Gasteiger partial charge in [-0.25, -0.2) is 18.4 Å². The lowest BCUT2D eigenvalue weighted by Gasteiger charge is -2.21. The summed E-state index contributed by atoms with van der Waals surface area (Å²) in [6.07, 6.45) is 9.66. The van der Waals surface area contributed by atoms with E-state index in [1.807, 2.05) is 17.8 Å². The monoisotopic (exact) mass is 307 g/mol. The molecule has 112 valence electrons. The number of aryl methyl sites for hydroxylation is 1. The highest BCUT2D eigenvalue weighted by Gasteiger charge is 2.33. The Hall–Kier alpha value is -1.80. The second-order valence-electron chi connectivity index (χ2n) is 5.22. The molecule has 0 aromatic carbocycles. The molecule has 2 aromatic heterocycles. The molecule has 1 aliphatic heterocycles. The van der Waals surface area contributed by atoms with E-state index in [9.17, 15) is 8.42 Å². The van der Waals surface area contributed by atoms with Gasteiger partial charge in [0.15, 0.2) is 5.82 Å². The first-order chi connectivity index (χ1) is 9.97. The molecule has 1 saturated heterocycles. The number of aromatic nitrogens is 4. The second kappa shape index (κ2) is 5.19. The van der Waals surface area contributed by atoms with E-state index in [1.165, 1.54) is 10.6 Å². The third-order valence-electron chi connectivity index (χ3n) is 3.67. The molecule has 0 radical (unpaired) electrons. The molecule has 0 bridgehead atoms. The summed E-state index contributed by atoms with van der Waals surface area (Å²) in [6.45, 7) is 0.539.